The number of carbonyl (C=O) groups is 1. The zero-order valence-electron chi connectivity index (χ0n) is 10.9. The lowest BCUT2D eigenvalue weighted by Gasteiger charge is -2.20. The lowest BCUT2D eigenvalue weighted by molar-refractivity contribution is -0.118. The van der Waals surface area contributed by atoms with Crippen molar-refractivity contribution in [2.45, 2.75) is 13.3 Å². The number of pyridine rings is 1. The van der Waals surface area contributed by atoms with E-state index < -0.39 is 0 Å². The van der Waals surface area contributed by atoms with Gasteiger partial charge in [0.15, 0.2) is 0 Å². The summed E-state index contributed by atoms with van der Waals surface area (Å²) >= 11 is 0. The van der Waals surface area contributed by atoms with E-state index in [2.05, 4.69) is 4.98 Å². The number of nitrogen functional groups attached to an aromatic ring is 1. The number of rotatable bonds is 4. The molecule has 1 aromatic heterocycles. The minimum Gasteiger partial charge on any atom is -0.397 e. The zero-order valence-corrected chi connectivity index (χ0v) is 10.9. The second-order valence-electron chi connectivity index (χ2n) is 4.23. The fourth-order valence-electron chi connectivity index (χ4n) is 1.90. The fourth-order valence-corrected chi connectivity index (χ4v) is 1.90. The number of benzene rings is 1. The predicted molar refractivity (Wildman–Crippen MR) is 76.8 cm³/mol. The number of anilines is 2. The van der Waals surface area contributed by atoms with Crippen LogP contribution in [0.3, 0.4) is 0 Å². The molecule has 19 heavy (non-hydrogen) atoms. The highest BCUT2D eigenvalue weighted by atomic mass is 16.2. The number of hydrogen-bond donors (Lipinski definition) is 1. The fraction of sp³-hybridized carbons (Fsp3) is 0.200. The van der Waals surface area contributed by atoms with E-state index in [1.165, 1.54) is 0 Å². The van der Waals surface area contributed by atoms with Gasteiger partial charge in [-0.25, -0.2) is 0 Å². The Balaban J connectivity index is 2.11. The second kappa shape index (κ2) is 6.00. The van der Waals surface area contributed by atoms with Gasteiger partial charge >= 0.3 is 0 Å². The molecule has 0 aliphatic heterocycles. The van der Waals surface area contributed by atoms with Crippen LogP contribution in [0.25, 0.3) is 0 Å². The molecule has 98 valence electrons. The van der Waals surface area contributed by atoms with Gasteiger partial charge in [-0.05, 0) is 31.2 Å². The highest BCUT2D eigenvalue weighted by Crippen LogP contribution is 2.14. The number of nitrogens with two attached hydrogens (primary N) is 1. The van der Waals surface area contributed by atoms with E-state index >= 15 is 0 Å². The standard InChI is InChI=1S/C15H17N3O/c1-2-18(14-6-4-3-5-7-14)15(19)10-13-9-8-12(16)11-17-13/h3-9,11H,2,10,16H2,1H3. The first-order chi connectivity index (χ1) is 9.20. The molecule has 0 saturated heterocycles. The molecule has 1 amide bonds. The Bertz CT molecular complexity index is 537. The first-order valence-electron chi connectivity index (χ1n) is 6.26. The average molecular weight is 255 g/mol. The lowest BCUT2D eigenvalue weighted by atomic mass is 10.2. The van der Waals surface area contributed by atoms with Gasteiger partial charge in [-0.15, -0.1) is 0 Å². The number of likely N-dealkylation sites (N-methyl/N-ethyl adjacent to an activating group) is 1. The Morgan fingerprint density at radius 1 is 1.21 bits per heavy atom. The van der Waals surface area contributed by atoms with Crippen molar-refractivity contribution in [2.24, 2.45) is 0 Å². The van der Waals surface area contributed by atoms with Crippen molar-refractivity contribution in [3.8, 4) is 0 Å². The first-order valence-corrected chi connectivity index (χ1v) is 6.26. The molecular formula is C15H17N3O. The third-order valence-corrected chi connectivity index (χ3v) is 2.87. The van der Waals surface area contributed by atoms with Crippen LogP contribution >= 0.6 is 0 Å². The molecule has 2 rings (SSSR count). The molecule has 0 bridgehead atoms. The van der Waals surface area contributed by atoms with Crippen LogP contribution in [0.5, 0.6) is 0 Å². The Morgan fingerprint density at radius 3 is 2.53 bits per heavy atom. The molecule has 4 nitrogen and oxygen atoms in total. The molecule has 4 heteroatoms. The van der Waals surface area contributed by atoms with E-state index in [0.717, 1.165) is 11.4 Å². The molecule has 0 spiro atoms. The zero-order chi connectivity index (χ0) is 13.7. The van der Waals surface area contributed by atoms with Crippen LogP contribution in [-0.2, 0) is 11.2 Å². The lowest BCUT2D eigenvalue weighted by Crippen LogP contribution is -2.32. The normalized spacial score (nSPS) is 10.2. The molecule has 1 heterocycles. The van der Waals surface area contributed by atoms with Gasteiger partial charge in [0.25, 0.3) is 0 Å². The van der Waals surface area contributed by atoms with Gasteiger partial charge in [-0.1, -0.05) is 18.2 Å². The smallest absolute Gasteiger partial charge is 0.232 e. The highest BCUT2D eigenvalue weighted by molar-refractivity contribution is 5.94. The van der Waals surface area contributed by atoms with Gasteiger partial charge in [0.1, 0.15) is 0 Å². The van der Waals surface area contributed by atoms with Crippen LogP contribution in [0.15, 0.2) is 48.7 Å². The van der Waals surface area contributed by atoms with Crippen LogP contribution in [0, 0.1) is 0 Å². The van der Waals surface area contributed by atoms with Crippen LogP contribution in [0.1, 0.15) is 12.6 Å². The topological polar surface area (TPSA) is 59.2 Å². The van der Waals surface area contributed by atoms with Crippen LogP contribution in [0.2, 0.25) is 0 Å². The van der Waals surface area contributed by atoms with Gasteiger partial charge < -0.3 is 10.6 Å². The highest BCUT2D eigenvalue weighted by Gasteiger charge is 2.14. The van der Waals surface area contributed by atoms with E-state index in [1.54, 1.807) is 23.2 Å². The van der Waals surface area contributed by atoms with Crippen LogP contribution < -0.4 is 10.6 Å². The average Bonchev–Trinajstić information content (AvgIpc) is 2.43. The summed E-state index contributed by atoms with van der Waals surface area (Å²) in [6.07, 6.45) is 1.85. The molecule has 0 aliphatic carbocycles. The number of hydrogen-bond acceptors (Lipinski definition) is 3. The van der Waals surface area contributed by atoms with Crippen molar-refractivity contribution in [2.75, 3.05) is 17.2 Å². The minimum absolute atomic E-state index is 0.0333. The van der Waals surface area contributed by atoms with Crippen molar-refractivity contribution < 1.29 is 4.79 Å². The summed E-state index contributed by atoms with van der Waals surface area (Å²) in [5, 5.41) is 0. The molecule has 0 atom stereocenters. The molecular weight excluding hydrogens is 238 g/mol. The van der Waals surface area contributed by atoms with Crippen molar-refractivity contribution in [1.82, 2.24) is 4.98 Å². The molecule has 2 aromatic rings. The second-order valence-corrected chi connectivity index (χ2v) is 4.23. The predicted octanol–water partition coefficient (Wildman–Crippen LogP) is 2.26. The number of para-hydroxylation sites is 1. The monoisotopic (exact) mass is 255 g/mol. The van der Waals surface area contributed by atoms with Crippen LogP contribution in [-0.4, -0.2) is 17.4 Å². The maximum absolute atomic E-state index is 12.3. The van der Waals surface area contributed by atoms with E-state index in [9.17, 15) is 4.79 Å². The Hall–Kier alpha value is -2.36. The summed E-state index contributed by atoms with van der Waals surface area (Å²) in [6.45, 7) is 2.60. The van der Waals surface area contributed by atoms with Crippen molar-refractivity contribution >= 4 is 17.3 Å². The molecule has 1 aromatic carbocycles. The van der Waals surface area contributed by atoms with Gasteiger partial charge in [-0.2, -0.15) is 0 Å². The van der Waals surface area contributed by atoms with Gasteiger partial charge in [-0.3, -0.25) is 9.78 Å². The van der Waals surface area contributed by atoms with E-state index in [1.807, 2.05) is 37.3 Å². The maximum Gasteiger partial charge on any atom is 0.232 e. The summed E-state index contributed by atoms with van der Waals surface area (Å²) in [7, 11) is 0. The van der Waals surface area contributed by atoms with E-state index in [0.29, 0.717) is 12.2 Å². The molecule has 2 N–H and O–H groups in total. The number of aromatic nitrogens is 1. The summed E-state index contributed by atoms with van der Waals surface area (Å²) in [6, 6.07) is 13.2. The summed E-state index contributed by atoms with van der Waals surface area (Å²) < 4.78 is 0. The number of amides is 1. The third kappa shape index (κ3) is 3.31. The SMILES string of the molecule is CCN(C(=O)Cc1ccc(N)cn1)c1ccccc1. The largest absolute Gasteiger partial charge is 0.397 e. The first kappa shape index (κ1) is 13.1. The third-order valence-electron chi connectivity index (χ3n) is 2.87. The molecule has 0 aliphatic rings. The van der Waals surface area contributed by atoms with Gasteiger partial charge in [0.2, 0.25) is 5.91 Å². The Morgan fingerprint density at radius 2 is 1.95 bits per heavy atom. The maximum atomic E-state index is 12.3. The molecule has 0 unspecified atom stereocenters. The molecule has 0 saturated carbocycles. The van der Waals surface area contributed by atoms with Crippen molar-refractivity contribution in [1.29, 1.82) is 0 Å². The van der Waals surface area contributed by atoms with E-state index in [-0.39, 0.29) is 12.3 Å². The molecule has 0 radical (unpaired) electrons. The van der Waals surface area contributed by atoms with Gasteiger partial charge in [0.05, 0.1) is 18.3 Å². The van der Waals surface area contributed by atoms with Crippen molar-refractivity contribution in [3.05, 3.63) is 54.4 Å². The summed E-state index contributed by atoms with van der Waals surface area (Å²) in [4.78, 5) is 18.2. The Kier molecular flexibility index (Phi) is 4.13. The summed E-state index contributed by atoms with van der Waals surface area (Å²) in [5.74, 6) is 0.0333. The molecule has 0 fully saturated rings. The quantitative estimate of drug-likeness (QED) is 0.911. The number of carbonyl (C=O) groups excluding carboxylic acids is 1. The van der Waals surface area contributed by atoms with Gasteiger partial charge in [0, 0.05) is 17.9 Å². The minimum atomic E-state index is 0.0333. The van der Waals surface area contributed by atoms with Crippen LogP contribution in [0.4, 0.5) is 11.4 Å². The van der Waals surface area contributed by atoms with E-state index in [4.69, 9.17) is 5.73 Å². The number of nitrogens with zero attached hydrogens (tertiary/aromatic N) is 2. The Labute approximate surface area is 112 Å². The van der Waals surface area contributed by atoms with Crippen molar-refractivity contribution in [3.63, 3.8) is 0 Å². The summed E-state index contributed by atoms with van der Waals surface area (Å²) in [5.41, 5.74) is 7.82.